The van der Waals surface area contributed by atoms with Gasteiger partial charge in [-0.3, -0.25) is 4.90 Å². The number of hydrogen-bond acceptors (Lipinski definition) is 4. The first kappa shape index (κ1) is 19.9. The third-order valence-electron chi connectivity index (χ3n) is 6.34. The van der Waals surface area contributed by atoms with Crippen molar-refractivity contribution in [2.24, 2.45) is 5.92 Å². The van der Waals surface area contributed by atoms with Gasteiger partial charge in [0.1, 0.15) is 5.75 Å². The van der Waals surface area contributed by atoms with E-state index in [1.54, 1.807) is 14.0 Å². The Labute approximate surface area is 163 Å². The SMILES string of the molecule is CCS(=O)(=O)N1CCC[C@@H]2CN3CCc4cc(OC)ccc4[C@@H]3C[C@@H]21.Cl. The molecule has 1 aromatic rings. The van der Waals surface area contributed by atoms with E-state index in [0.29, 0.717) is 18.5 Å². The molecule has 3 atom stereocenters. The number of ether oxygens (including phenoxy) is 1. The van der Waals surface area contributed by atoms with Gasteiger partial charge in [-0.2, -0.15) is 4.31 Å². The number of halogens is 1. The molecule has 5 nitrogen and oxygen atoms in total. The third-order valence-corrected chi connectivity index (χ3v) is 8.24. The van der Waals surface area contributed by atoms with Gasteiger partial charge in [-0.1, -0.05) is 6.07 Å². The summed E-state index contributed by atoms with van der Waals surface area (Å²) in [7, 11) is -1.42. The van der Waals surface area contributed by atoms with Crippen LogP contribution in [0.25, 0.3) is 0 Å². The van der Waals surface area contributed by atoms with Crippen molar-refractivity contribution in [3.8, 4) is 5.75 Å². The number of sulfonamides is 1. The lowest BCUT2D eigenvalue weighted by atomic mass is 9.77. The minimum atomic E-state index is -3.12. The van der Waals surface area contributed by atoms with Crippen LogP contribution in [-0.2, 0) is 16.4 Å². The van der Waals surface area contributed by atoms with Gasteiger partial charge in [-0.25, -0.2) is 8.42 Å². The molecule has 0 aliphatic carbocycles. The molecule has 146 valence electrons. The minimum absolute atomic E-state index is 0. The van der Waals surface area contributed by atoms with Gasteiger partial charge in [-0.15, -0.1) is 12.4 Å². The molecule has 0 unspecified atom stereocenters. The van der Waals surface area contributed by atoms with E-state index in [0.717, 1.165) is 44.5 Å². The van der Waals surface area contributed by atoms with E-state index in [-0.39, 0.29) is 24.2 Å². The van der Waals surface area contributed by atoms with Gasteiger partial charge in [-0.05, 0) is 61.8 Å². The molecule has 2 fully saturated rings. The molecule has 0 spiro atoms. The molecule has 3 aliphatic rings. The normalized spacial score (nSPS) is 29.1. The lowest BCUT2D eigenvalue weighted by molar-refractivity contribution is 0.0220. The molecule has 0 amide bonds. The molecular formula is C19H29ClN2O3S. The zero-order valence-corrected chi connectivity index (χ0v) is 17.2. The van der Waals surface area contributed by atoms with Crippen LogP contribution in [0.3, 0.4) is 0 Å². The van der Waals surface area contributed by atoms with E-state index in [9.17, 15) is 8.42 Å². The molecule has 0 aromatic heterocycles. The van der Waals surface area contributed by atoms with Crippen molar-refractivity contribution >= 4 is 22.4 Å². The molecule has 0 bridgehead atoms. The van der Waals surface area contributed by atoms with Crippen LogP contribution in [0, 0.1) is 5.92 Å². The molecule has 7 heteroatoms. The number of piperidine rings is 2. The molecule has 1 aromatic carbocycles. The molecule has 0 radical (unpaired) electrons. The zero-order chi connectivity index (χ0) is 17.6. The molecule has 3 aliphatic heterocycles. The molecule has 0 N–H and O–H groups in total. The molecular weight excluding hydrogens is 372 g/mol. The minimum Gasteiger partial charge on any atom is -0.497 e. The van der Waals surface area contributed by atoms with Crippen LogP contribution in [-0.4, -0.2) is 56.2 Å². The predicted molar refractivity (Wildman–Crippen MR) is 106 cm³/mol. The van der Waals surface area contributed by atoms with Crippen LogP contribution >= 0.6 is 12.4 Å². The second kappa shape index (κ2) is 7.66. The van der Waals surface area contributed by atoms with Gasteiger partial charge in [0.05, 0.1) is 12.9 Å². The van der Waals surface area contributed by atoms with Crippen molar-refractivity contribution in [1.82, 2.24) is 9.21 Å². The van der Waals surface area contributed by atoms with Crippen molar-refractivity contribution in [2.45, 2.75) is 44.7 Å². The average molecular weight is 401 g/mol. The van der Waals surface area contributed by atoms with Gasteiger partial charge in [0.2, 0.25) is 10.0 Å². The smallest absolute Gasteiger partial charge is 0.214 e. The summed E-state index contributed by atoms with van der Waals surface area (Å²) in [5.74, 6) is 1.60. The number of hydrogen-bond donors (Lipinski definition) is 0. The second-order valence-corrected chi connectivity index (χ2v) is 9.75. The van der Waals surface area contributed by atoms with E-state index in [2.05, 4.69) is 17.0 Å². The fourth-order valence-corrected chi connectivity index (χ4v) is 6.44. The Hall–Kier alpha value is -0.820. The summed E-state index contributed by atoms with van der Waals surface area (Å²) in [6, 6.07) is 6.87. The number of methoxy groups -OCH3 is 1. The van der Waals surface area contributed by atoms with E-state index >= 15 is 0 Å². The maximum absolute atomic E-state index is 12.6. The number of nitrogens with zero attached hydrogens (tertiary/aromatic N) is 2. The topological polar surface area (TPSA) is 49.9 Å². The van der Waals surface area contributed by atoms with E-state index in [1.165, 1.54) is 11.1 Å². The lowest BCUT2D eigenvalue weighted by Gasteiger charge is -2.51. The third kappa shape index (κ3) is 3.37. The number of benzene rings is 1. The summed E-state index contributed by atoms with van der Waals surface area (Å²) in [6.07, 6.45) is 4.12. The highest BCUT2D eigenvalue weighted by molar-refractivity contribution is 7.89. The highest BCUT2D eigenvalue weighted by Gasteiger charge is 2.45. The van der Waals surface area contributed by atoms with E-state index in [4.69, 9.17) is 4.74 Å². The summed E-state index contributed by atoms with van der Waals surface area (Å²) in [5, 5.41) is 0. The summed E-state index contributed by atoms with van der Waals surface area (Å²) in [5.41, 5.74) is 2.73. The predicted octanol–water partition coefficient (Wildman–Crippen LogP) is 2.85. The Bertz CT molecular complexity index is 755. The first-order chi connectivity index (χ1) is 12.0. The van der Waals surface area contributed by atoms with Gasteiger partial charge >= 0.3 is 0 Å². The first-order valence-electron chi connectivity index (χ1n) is 9.44. The second-order valence-electron chi connectivity index (χ2n) is 7.54. The Balaban J connectivity index is 0.00000196. The van der Waals surface area contributed by atoms with Gasteiger partial charge in [0.25, 0.3) is 0 Å². The van der Waals surface area contributed by atoms with Gasteiger partial charge in [0.15, 0.2) is 0 Å². The Kier molecular flexibility index (Phi) is 5.87. The van der Waals surface area contributed by atoms with Crippen LogP contribution in [0.5, 0.6) is 5.75 Å². The fourth-order valence-electron chi connectivity index (χ4n) is 5.03. The summed E-state index contributed by atoms with van der Waals surface area (Å²) in [6.45, 7) is 4.54. The Morgan fingerprint density at radius 3 is 2.81 bits per heavy atom. The van der Waals surface area contributed by atoms with E-state index in [1.807, 2.05) is 10.4 Å². The molecule has 4 rings (SSSR count). The van der Waals surface area contributed by atoms with Crippen molar-refractivity contribution in [1.29, 1.82) is 0 Å². The molecule has 0 saturated carbocycles. The highest BCUT2D eigenvalue weighted by Crippen LogP contribution is 2.44. The Morgan fingerprint density at radius 1 is 1.27 bits per heavy atom. The van der Waals surface area contributed by atoms with Crippen molar-refractivity contribution in [3.63, 3.8) is 0 Å². The van der Waals surface area contributed by atoms with Crippen LogP contribution in [0.1, 0.15) is 43.4 Å². The summed E-state index contributed by atoms with van der Waals surface area (Å²) < 4.78 is 32.4. The molecule has 26 heavy (non-hydrogen) atoms. The van der Waals surface area contributed by atoms with Crippen molar-refractivity contribution in [3.05, 3.63) is 29.3 Å². The zero-order valence-electron chi connectivity index (χ0n) is 15.6. The summed E-state index contributed by atoms with van der Waals surface area (Å²) >= 11 is 0. The maximum atomic E-state index is 12.6. The quantitative estimate of drug-likeness (QED) is 0.782. The fraction of sp³-hybridized carbons (Fsp3) is 0.684. The average Bonchev–Trinajstić information content (AvgIpc) is 2.65. The van der Waals surface area contributed by atoms with E-state index < -0.39 is 10.0 Å². The van der Waals surface area contributed by atoms with Crippen molar-refractivity contribution < 1.29 is 13.2 Å². The highest BCUT2D eigenvalue weighted by atomic mass is 35.5. The van der Waals surface area contributed by atoms with Crippen LogP contribution in [0.2, 0.25) is 0 Å². The number of rotatable bonds is 3. The van der Waals surface area contributed by atoms with Crippen LogP contribution in [0.4, 0.5) is 0 Å². The van der Waals surface area contributed by atoms with Crippen LogP contribution < -0.4 is 4.74 Å². The maximum Gasteiger partial charge on any atom is 0.214 e. The van der Waals surface area contributed by atoms with Gasteiger partial charge < -0.3 is 4.74 Å². The van der Waals surface area contributed by atoms with Gasteiger partial charge in [0, 0.05) is 31.7 Å². The summed E-state index contributed by atoms with van der Waals surface area (Å²) in [4.78, 5) is 2.58. The van der Waals surface area contributed by atoms with Crippen LogP contribution in [0.15, 0.2) is 18.2 Å². The monoisotopic (exact) mass is 400 g/mol. The molecule has 2 saturated heterocycles. The Morgan fingerprint density at radius 2 is 2.08 bits per heavy atom. The number of fused-ring (bicyclic) bond motifs is 4. The van der Waals surface area contributed by atoms with Crippen molar-refractivity contribution in [2.75, 3.05) is 32.5 Å². The largest absolute Gasteiger partial charge is 0.497 e. The standard InChI is InChI=1S/C19H28N2O3S.ClH/c1-3-25(22,23)21-9-4-5-15-13-20-10-8-14-11-16(24-2)6-7-17(14)19(20)12-18(15)21;/h6-7,11,15,18-19H,3-5,8-10,12-13H2,1-2H3;1H/t15-,18+,19+;/m1./s1. The molecule has 3 heterocycles. The lowest BCUT2D eigenvalue weighted by Crippen LogP contribution is -2.57. The first-order valence-corrected chi connectivity index (χ1v) is 11.0.